The van der Waals surface area contributed by atoms with Crippen LogP contribution in [0.4, 0.5) is 11.4 Å². The van der Waals surface area contributed by atoms with Gasteiger partial charge in [-0.25, -0.2) is 4.98 Å². The molecule has 1 aliphatic heterocycles. The summed E-state index contributed by atoms with van der Waals surface area (Å²) in [7, 11) is 0. The Kier molecular flexibility index (Phi) is 5.56. The van der Waals surface area contributed by atoms with Gasteiger partial charge in [-0.2, -0.15) is 0 Å². The molecule has 0 spiro atoms. The van der Waals surface area contributed by atoms with E-state index in [-0.39, 0.29) is 34.2 Å². The Morgan fingerprint density at radius 2 is 1.58 bits per heavy atom. The van der Waals surface area contributed by atoms with Gasteiger partial charge < -0.3 is 9.73 Å². The van der Waals surface area contributed by atoms with E-state index in [4.69, 9.17) is 4.42 Å². The topological polar surface area (TPSA) is 136 Å². The molecule has 1 aliphatic rings. The second-order valence-corrected chi connectivity index (χ2v) is 8.68. The second kappa shape index (κ2) is 8.73. The summed E-state index contributed by atoms with van der Waals surface area (Å²) >= 11 is 0. The molecule has 5 rings (SSSR count). The maximum atomic E-state index is 13.5. The van der Waals surface area contributed by atoms with Gasteiger partial charge in [-0.1, -0.05) is 38.1 Å². The quantitative estimate of drug-likeness (QED) is 0.239. The zero-order valence-corrected chi connectivity index (χ0v) is 19.3. The highest BCUT2D eigenvalue weighted by Crippen LogP contribution is 2.33. The second-order valence-electron chi connectivity index (χ2n) is 8.68. The number of nitrogens with zero attached hydrogens (tertiary/aromatic N) is 3. The molecular weight excluding hydrogens is 464 g/mol. The first-order valence-electron chi connectivity index (χ1n) is 11.2. The third-order valence-corrected chi connectivity index (χ3v) is 6.00. The Morgan fingerprint density at radius 3 is 2.19 bits per heavy atom. The molecule has 10 nitrogen and oxygen atoms in total. The van der Waals surface area contributed by atoms with E-state index in [1.165, 1.54) is 18.2 Å². The zero-order valence-electron chi connectivity index (χ0n) is 19.3. The van der Waals surface area contributed by atoms with Gasteiger partial charge >= 0.3 is 0 Å². The summed E-state index contributed by atoms with van der Waals surface area (Å²) in [6.45, 7) is 3.51. The summed E-state index contributed by atoms with van der Waals surface area (Å²) in [6.07, 6.45) is 0. The van der Waals surface area contributed by atoms with Crippen molar-refractivity contribution >= 4 is 40.2 Å². The number of nitro benzene ring substituents is 1. The summed E-state index contributed by atoms with van der Waals surface area (Å²) in [5.74, 6) is -1.79. The average molecular weight is 484 g/mol. The van der Waals surface area contributed by atoms with E-state index in [0.717, 1.165) is 4.90 Å². The molecular formula is C26H20N4O6. The Labute approximate surface area is 204 Å². The fraction of sp³-hybridized carbons (Fsp3) is 0.154. The Bertz CT molecular complexity index is 1520. The normalized spacial score (nSPS) is 13.8. The molecule has 4 aromatic rings. The van der Waals surface area contributed by atoms with Crippen molar-refractivity contribution in [3.63, 3.8) is 0 Å². The van der Waals surface area contributed by atoms with Gasteiger partial charge in [0.15, 0.2) is 5.58 Å². The average Bonchev–Trinajstić information content (AvgIpc) is 3.39. The zero-order chi connectivity index (χ0) is 25.6. The number of aromatic nitrogens is 1. The van der Waals surface area contributed by atoms with E-state index in [1.807, 2.05) is 0 Å². The highest BCUT2D eigenvalue weighted by Gasteiger charge is 2.44. The highest BCUT2D eigenvalue weighted by molar-refractivity contribution is 6.23. The van der Waals surface area contributed by atoms with Crippen LogP contribution in [-0.2, 0) is 4.79 Å². The van der Waals surface area contributed by atoms with Gasteiger partial charge in [0.25, 0.3) is 17.5 Å². The first-order chi connectivity index (χ1) is 17.3. The molecule has 0 bridgehead atoms. The number of carbonyl (C=O) groups excluding carboxylic acids is 3. The Hall–Kier alpha value is -4.86. The van der Waals surface area contributed by atoms with Crippen LogP contribution in [0, 0.1) is 16.0 Å². The standard InChI is InChI=1S/C26H20N4O6/c1-14(2)22(29-25(32)16-7-3-4-8-17(16)26(29)33)23(31)27-19-10-6-5-9-18(19)24-28-20-12-11-15(30(34)35)13-21(20)36-24/h3-14,22H,1-2H3,(H,27,31). The molecule has 10 heteroatoms. The molecule has 0 fully saturated rings. The van der Waals surface area contributed by atoms with Crippen molar-refractivity contribution < 1.29 is 23.7 Å². The van der Waals surface area contributed by atoms with Gasteiger partial charge in [0.2, 0.25) is 11.8 Å². The van der Waals surface area contributed by atoms with Crippen LogP contribution in [0.15, 0.2) is 71.1 Å². The number of nitrogens with one attached hydrogen (secondary N) is 1. The van der Waals surface area contributed by atoms with Crippen LogP contribution >= 0.6 is 0 Å². The van der Waals surface area contributed by atoms with Gasteiger partial charge in [-0.15, -0.1) is 0 Å². The number of nitro groups is 1. The lowest BCUT2D eigenvalue weighted by molar-refractivity contribution is -0.384. The van der Waals surface area contributed by atoms with E-state index in [0.29, 0.717) is 16.8 Å². The van der Waals surface area contributed by atoms with Crippen LogP contribution in [0.1, 0.15) is 34.6 Å². The van der Waals surface area contributed by atoms with Gasteiger partial charge in [0.1, 0.15) is 11.6 Å². The minimum Gasteiger partial charge on any atom is -0.436 e. The molecule has 0 aliphatic carbocycles. The molecule has 3 aromatic carbocycles. The van der Waals surface area contributed by atoms with Crippen molar-refractivity contribution in [3.8, 4) is 11.5 Å². The van der Waals surface area contributed by atoms with Crippen LogP contribution in [-0.4, -0.2) is 38.6 Å². The number of para-hydroxylation sites is 1. The van der Waals surface area contributed by atoms with E-state index < -0.39 is 28.7 Å². The van der Waals surface area contributed by atoms with Crippen molar-refractivity contribution in [2.45, 2.75) is 19.9 Å². The predicted octanol–water partition coefficient (Wildman–Crippen LogP) is 4.66. The number of rotatable bonds is 6. The number of anilines is 1. The monoisotopic (exact) mass is 484 g/mol. The fourth-order valence-corrected chi connectivity index (χ4v) is 4.31. The number of hydrogen-bond acceptors (Lipinski definition) is 7. The van der Waals surface area contributed by atoms with Gasteiger partial charge in [-0.3, -0.25) is 29.4 Å². The number of carbonyl (C=O) groups is 3. The highest BCUT2D eigenvalue weighted by atomic mass is 16.6. The lowest BCUT2D eigenvalue weighted by atomic mass is 10.0. The molecule has 1 N–H and O–H groups in total. The van der Waals surface area contributed by atoms with E-state index in [9.17, 15) is 24.5 Å². The maximum absolute atomic E-state index is 13.5. The number of oxazole rings is 1. The molecule has 1 atom stereocenters. The minimum atomic E-state index is -1.06. The van der Waals surface area contributed by atoms with E-state index >= 15 is 0 Å². The molecule has 180 valence electrons. The largest absolute Gasteiger partial charge is 0.436 e. The van der Waals surface area contributed by atoms with E-state index in [2.05, 4.69) is 10.3 Å². The molecule has 0 radical (unpaired) electrons. The van der Waals surface area contributed by atoms with Crippen LogP contribution < -0.4 is 5.32 Å². The maximum Gasteiger partial charge on any atom is 0.273 e. The molecule has 0 saturated carbocycles. The third-order valence-electron chi connectivity index (χ3n) is 6.00. The lowest BCUT2D eigenvalue weighted by Gasteiger charge is -2.28. The molecule has 1 aromatic heterocycles. The van der Waals surface area contributed by atoms with Gasteiger partial charge in [0, 0.05) is 6.07 Å². The lowest BCUT2D eigenvalue weighted by Crippen LogP contribution is -2.50. The Balaban J connectivity index is 1.47. The Morgan fingerprint density at radius 1 is 0.972 bits per heavy atom. The van der Waals surface area contributed by atoms with Crippen molar-refractivity contribution in [1.29, 1.82) is 0 Å². The third kappa shape index (κ3) is 3.78. The van der Waals surface area contributed by atoms with Crippen LogP contribution in [0.3, 0.4) is 0 Å². The first-order valence-corrected chi connectivity index (χ1v) is 11.2. The molecule has 3 amide bonds. The van der Waals surface area contributed by atoms with Crippen molar-refractivity contribution in [1.82, 2.24) is 9.88 Å². The summed E-state index contributed by atoms with van der Waals surface area (Å²) in [4.78, 5) is 55.5. The first kappa shape index (κ1) is 22.9. The van der Waals surface area contributed by atoms with Gasteiger partial charge in [-0.05, 0) is 36.2 Å². The number of non-ortho nitro benzene ring substituents is 1. The van der Waals surface area contributed by atoms with Crippen molar-refractivity contribution in [3.05, 3.63) is 88.0 Å². The number of amides is 3. The summed E-state index contributed by atoms with van der Waals surface area (Å²) in [5, 5.41) is 13.9. The number of fused-ring (bicyclic) bond motifs is 2. The summed E-state index contributed by atoms with van der Waals surface area (Å²) in [6, 6.07) is 16.3. The van der Waals surface area contributed by atoms with Crippen LogP contribution in [0.25, 0.3) is 22.6 Å². The number of benzene rings is 3. The predicted molar refractivity (Wildman–Crippen MR) is 130 cm³/mol. The smallest absolute Gasteiger partial charge is 0.273 e. The number of hydrogen-bond donors (Lipinski definition) is 1. The number of imide groups is 1. The van der Waals surface area contributed by atoms with Crippen LogP contribution in [0.2, 0.25) is 0 Å². The van der Waals surface area contributed by atoms with E-state index in [1.54, 1.807) is 62.4 Å². The van der Waals surface area contributed by atoms with Crippen LogP contribution in [0.5, 0.6) is 0 Å². The molecule has 2 heterocycles. The van der Waals surface area contributed by atoms with Crippen molar-refractivity contribution in [2.24, 2.45) is 5.92 Å². The molecule has 0 saturated heterocycles. The SMILES string of the molecule is CC(C)C(C(=O)Nc1ccccc1-c1nc2ccc([N+](=O)[O-])cc2o1)N1C(=O)c2ccccc2C1=O. The summed E-state index contributed by atoms with van der Waals surface area (Å²) in [5.41, 5.74) is 1.84. The van der Waals surface area contributed by atoms with Crippen molar-refractivity contribution in [2.75, 3.05) is 5.32 Å². The molecule has 1 unspecified atom stereocenters. The molecule has 36 heavy (non-hydrogen) atoms. The fourth-order valence-electron chi connectivity index (χ4n) is 4.31. The minimum absolute atomic E-state index is 0.132. The van der Waals surface area contributed by atoms with Gasteiger partial charge in [0.05, 0.1) is 33.4 Å². The summed E-state index contributed by atoms with van der Waals surface area (Å²) < 4.78 is 5.77.